The number of unbranched alkanes of at least 4 members (excludes halogenated alkanes) is 1. The number of hydrogen-bond acceptors (Lipinski definition) is 5. The zero-order valence-corrected chi connectivity index (χ0v) is 16.7. The van der Waals surface area contributed by atoms with E-state index in [9.17, 15) is 4.79 Å². The molecule has 5 heteroatoms. The van der Waals surface area contributed by atoms with E-state index in [1.807, 2.05) is 0 Å². The molecular weight excluding hydrogens is 342 g/mol. The third-order valence-corrected chi connectivity index (χ3v) is 5.81. The normalized spacial score (nSPS) is 22.7. The molecule has 150 valence electrons. The van der Waals surface area contributed by atoms with Gasteiger partial charge < -0.3 is 14.2 Å². The molecular formula is C22H33NO4. The first-order chi connectivity index (χ1) is 13.2. The van der Waals surface area contributed by atoms with Gasteiger partial charge >= 0.3 is 5.97 Å². The highest BCUT2D eigenvalue weighted by Crippen LogP contribution is 2.32. The second-order valence-corrected chi connectivity index (χ2v) is 7.67. The van der Waals surface area contributed by atoms with Crippen molar-refractivity contribution in [1.82, 2.24) is 4.90 Å². The molecule has 2 aliphatic heterocycles. The van der Waals surface area contributed by atoms with Crippen LogP contribution in [0.2, 0.25) is 0 Å². The number of benzene rings is 1. The Kier molecular flexibility index (Phi) is 7.39. The summed E-state index contributed by atoms with van der Waals surface area (Å²) in [6.45, 7) is 5.68. The lowest BCUT2D eigenvalue weighted by molar-refractivity contribution is 0.00737. The van der Waals surface area contributed by atoms with E-state index in [1.54, 1.807) is 25.3 Å². The maximum atomic E-state index is 12.6. The molecule has 1 aromatic carbocycles. The van der Waals surface area contributed by atoms with Crippen LogP contribution in [0.1, 0.15) is 62.2 Å². The Morgan fingerprint density at radius 1 is 1.15 bits per heavy atom. The molecule has 1 aromatic rings. The molecule has 5 nitrogen and oxygen atoms in total. The highest BCUT2D eigenvalue weighted by molar-refractivity contribution is 5.90. The summed E-state index contributed by atoms with van der Waals surface area (Å²) in [5.41, 5.74) is 0.519. The Morgan fingerprint density at radius 3 is 2.81 bits per heavy atom. The number of fused-ring (bicyclic) bond motifs is 1. The SMILES string of the molecule is CCCCOc1ccc(C(=O)OCC2CCCN3CCCCC23)cc1OC. The van der Waals surface area contributed by atoms with Crippen LogP contribution < -0.4 is 9.47 Å². The van der Waals surface area contributed by atoms with E-state index < -0.39 is 0 Å². The zero-order chi connectivity index (χ0) is 19.1. The quantitative estimate of drug-likeness (QED) is 0.501. The lowest BCUT2D eigenvalue weighted by Crippen LogP contribution is -2.49. The number of methoxy groups -OCH3 is 1. The highest BCUT2D eigenvalue weighted by Gasteiger charge is 2.33. The van der Waals surface area contributed by atoms with Crippen molar-refractivity contribution in [1.29, 1.82) is 0 Å². The van der Waals surface area contributed by atoms with Gasteiger partial charge in [0.15, 0.2) is 11.5 Å². The van der Waals surface area contributed by atoms with Gasteiger partial charge in [-0.15, -0.1) is 0 Å². The first-order valence-electron chi connectivity index (χ1n) is 10.4. The molecule has 0 spiro atoms. The molecule has 2 saturated heterocycles. The summed E-state index contributed by atoms with van der Waals surface area (Å²) in [6, 6.07) is 5.87. The molecule has 2 atom stereocenters. The van der Waals surface area contributed by atoms with Gasteiger partial charge in [-0.25, -0.2) is 4.79 Å². The van der Waals surface area contributed by atoms with Gasteiger partial charge in [-0.2, -0.15) is 0 Å². The Morgan fingerprint density at radius 2 is 2.00 bits per heavy atom. The summed E-state index contributed by atoms with van der Waals surface area (Å²) in [6.07, 6.45) is 8.26. The van der Waals surface area contributed by atoms with Gasteiger partial charge in [0.05, 0.1) is 25.9 Å². The van der Waals surface area contributed by atoms with Crippen LogP contribution in [-0.2, 0) is 4.74 Å². The molecule has 3 rings (SSSR count). The number of nitrogens with zero attached hydrogens (tertiary/aromatic N) is 1. The first kappa shape index (κ1) is 20.0. The molecule has 2 unspecified atom stereocenters. The second-order valence-electron chi connectivity index (χ2n) is 7.67. The molecule has 0 radical (unpaired) electrons. The minimum Gasteiger partial charge on any atom is -0.493 e. The van der Waals surface area contributed by atoms with Gasteiger partial charge in [0, 0.05) is 12.0 Å². The minimum absolute atomic E-state index is 0.277. The summed E-state index contributed by atoms with van der Waals surface area (Å²) in [5, 5.41) is 0. The molecule has 2 heterocycles. The van der Waals surface area contributed by atoms with Crippen LogP contribution in [0.25, 0.3) is 0 Å². The molecule has 0 aliphatic carbocycles. The molecule has 0 aromatic heterocycles. The number of piperidine rings is 2. The van der Waals surface area contributed by atoms with Crippen molar-refractivity contribution >= 4 is 5.97 Å². The van der Waals surface area contributed by atoms with Gasteiger partial charge in [-0.3, -0.25) is 4.90 Å². The van der Waals surface area contributed by atoms with Crippen LogP contribution in [0.15, 0.2) is 18.2 Å². The van der Waals surface area contributed by atoms with Crippen LogP contribution in [0.4, 0.5) is 0 Å². The molecule has 0 N–H and O–H groups in total. The van der Waals surface area contributed by atoms with Crippen LogP contribution in [0.5, 0.6) is 11.5 Å². The fourth-order valence-corrected chi connectivity index (χ4v) is 4.28. The Hall–Kier alpha value is -1.75. The number of rotatable bonds is 8. The van der Waals surface area contributed by atoms with Crippen molar-refractivity contribution in [2.75, 3.05) is 33.4 Å². The van der Waals surface area contributed by atoms with E-state index in [0.29, 0.717) is 42.2 Å². The zero-order valence-electron chi connectivity index (χ0n) is 16.7. The van der Waals surface area contributed by atoms with E-state index in [0.717, 1.165) is 19.3 Å². The Bertz CT molecular complexity index is 616. The predicted molar refractivity (Wildman–Crippen MR) is 106 cm³/mol. The average molecular weight is 376 g/mol. The molecule has 0 saturated carbocycles. The summed E-state index contributed by atoms with van der Waals surface area (Å²) in [4.78, 5) is 15.1. The number of ether oxygens (including phenoxy) is 3. The smallest absolute Gasteiger partial charge is 0.338 e. The van der Waals surface area contributed by atoms with Crippen molar-refractivity contribution in [3.8, 4) is 11.5 Å². The fraction of sp³-hybridized carbons (Fsp3) is 0.682. The number of esters is 1. The van der Waals surface area contributed by atoms with Crippen LogP contribution in [-0.4, -0.2) is 50.3 Å². The van der Waals surface area contributed by atoms with Crippen LogP contribution in [0, 0.1) is 5.92 Å². The summed E-state index contributed by atoms with van der Waals surface area (Å²) in [5.74, 6) is 1.44. The average Bonchev–Trinajstić information content (AvgIpc) is 2.72. The number of carbonyl (C=O) groups excluding carboxylic acids is 1. The van der Waals surface area contributed by atoms with Crippen molar-refractivity contribution in [3.05, 3.63) is 23.8 Å². The lowest BCUT2D eigenvalue weighted by atomic mass is 9.84. The number of hydrogen-bond donors (Lipinski definition) is 0. The maximum Gasteiger partial charge on any atom is 0.338 e. The first-order valence-corrected chi connectivity index (χ1v) is 10.4. The third kappa shape index (κ3) is 5.16. The van der Waals surface area contributed by atoms with E-state index >= 15 is 0 Å². The maximum absolute atomic E-state index is 12.6. The topological polar surface area (TPSA) is 48.0 Å². The predicted octanol–water partition coefficient (Wildman–Crippen LogP) is 4.30. The van der Waals surface area contributed by atoms with Gasteiger partial charge in [-0.05, 0) is 63.4 Å². The van der Waals surface area contributed by atoms with Crippen molar-refractivity contribution in [2.45, 2.75) is 57.9 Å². The van der Waals surface area contributed by atoms with Gasteiger partial charge in [0.25, 0.3) is 0 Å². The van der Waals surface area contributed by atoms with Gasteiger partial charge in [-0.1, -0.05) is 19.8 Å². The van der Waals surface area contributed by atoms with Crippen LogP contribution >= 0.6 is 0 Å². The standard InChI is InChI=1S/C22H33NO4/c1-3-4-14-26-20-11-10-17(15-21(20)25-2)22(24)27-16-18-8-7-13-23-12-6-5-9-19(18)23/h10-11,15,18-19H,3-9,12-14,16H2,1-2H3. The van der Waals surface area contributed by atoms with E-state index in [2.05, 4.69) is 11.8 Å². The lowest BCUT2D eigenvalue weighted by Gasteiger charge is -2.44. The minimum atomic E-state index is -0.277. The molecule has 2 aliphatic rings. The van der Waals surface area contributed by atoms with E-state index in [4.69, 9.17) is 14.2 Å². The van der Waals surface area contributed by atoms with Crippen molar-refractivity contribution < 1.29 is 19.0 Å². The largest absolute Gasteiger partial charge is 0.493 e. The van der Waals surface area contributed by atoms with Gasteiger partial charge in [0.1, 0.15) is 0 Å². The Balaban J connectivity index is 1.57. The third-order valence-electron chi connectivity index (χ3n) is 5.81. The molecule has 27 heavy (non-hydrogen) atoms. The molecule has 0 bridgehead atoms. The van der Waals surface area contributed by atoms with Crippen molar-refractivity contribution in [3.63, 3.8) is 0 Å². The number of carbonyl (C=O) groups is 1. The molecule has 2 fully saturated rings. The monoisotopic (exact) mass is 375 g/mol. The Labute approximate surface area is 163 Å². The van der Waals surface area contributed by atoms with Crippen LogP contribution in [0.3, 0.4) is 0 Å². The summed E-state index contributed by atoms with van der Waals surface area (Å²) < 4.78 is 16.8. The second kappa shape index (κ2) is 9.98. The van der Waals surface area contributed by atoms with Gasteiger partial charge in [0.2, 0.25) is 0 Å². The van der Waals surface area contributed by atoms with Crippen molar-refractivity contribution in [2.24, 2.45) is 5.92 Å². The van der Waals surface area contributed by atoms with E-state index in [-0.39, 0.29) is 5.97 Å². The summed E-state index contributed by atoms with van der Waals surface area (Å²) in [7, 11) is 1.59. The highest BCUT2D eigenvalue weighted by atomic mass is 16.5. The summed E-state index contributed by atoms with van der Waals surface area (Å²) >= 11 is 0. The molecule has 0 amide bonds. The van der Waals surface area contributed by atoms with E-state index in [1.165, 1.54) is 38.8 Å². The fourth-order valence-electron chi connectivity index (χ4n) is 4.28.